The fourth-order valence-electron chi connectivity index (χ4n) is 2.49. The van der Waals surface area contributed by atoms with Gasteiger partial charge in [0.1, 0.15) is 11.6 Å². The van der Waals surface area contributed by atoms with Crippen LogP contribution < -0.4 is 16.5 Å². The molecule has 2 rings (SSSR count). The molecular formula is C19H19N5OS. The van der Waals surface area contributed by atoms with E-state index in [0.717, 1.165) is 11.1 Å². The maximum Gasteiger partial charge on any atom is 0.273 e. The Balaban J connectivity index is 2.41. The first kappa shape index (κ1) is 19.1. The molecule has 0 spiro atoms. The molecule has 0 aliphatic carbocycles. The van der Waals surface area contributed by atoms with Crippen LogP contribution >= 0.6 is 12.2 Å². The van der Waals surface area contributed by atoms with Crippen LogP contribution in [0.15, 0.2) is 53.6 Å². The predicted molar refractivity (Wildman–Crippen MR) is 107 cm³/mol. The molecule has 26 heavy (non-hydrogen) atoms. The molecule has 1 amide bonds. The van der Waals surface area contributed by atoms with E-state index in [1.807, 2.05) is 38.1 Å². The number of carbonyl (C=O) groups is 1. The number of amides is 1. The van der Waals surface area contributed by atoms with Crippen LogP contribution in [0.4, 0.5) is 5.69 Å². The molecule has 0 aliphatic rings. The van der Waals surface area contributed by atoms with Crippen molar-refractivity contribution >= 4 is 34.6 Å². The standard InChI is InChI=1S/C19H19N5OS/c1-12-7-6-8-13(2)16(12)22-18(25)17(23-24-19(21)26)15(11-20)14-9-4-3-5-10-14/h3-10,15H,1-2H3,(H,22,25)(H3,21,24,26)/b23-17-. The molecule has 1 atom stereocenters. The van der Waals surface area contributed by atoms with Gasteiger partial charge in [-0.15, -0.1) is 0 Å². The van der Waals surface area contributed by atoms with Gasteiger partial charge in [-0.25, -0.2) is 0 Å². The minimum atomic E-state index is -0.873. The minimum Gasteiger partial charge on any atom is -0.375 e. The summed E-state index contributed by atoms with van der Waals surface area (Å²) in [5, 5.41) is 16.4. The fourth-order valence-corrected chi connectivity index (χ4v) is 2.54. The molecule has 0 heterocycles. The summed E-state index contributed by atoms with van der Waals surface area (Å²) in [6.07, 6.45) is 0. The number of benzene rings is 2. The van der Waals surface area contributed by atoms with Crippen LogP contribution in [0.5, 0.6) is 0 Å². The Morgan fingerprint density at radius 1 is 1.15 bits per heavy atom. The topological polar surface area (TPSA) is 103 Å². The quantitative estimate of drug-likeness (QED) is 0.429. The van der Waals surface area contributed by atoms with Crippen molar-refractivity contribution in [3.63, 3.8) is 0 Å². The van der Waals surface area contributed by atoms with Crippen LogP contribution in [-0.2, 0) is 4.79 Å². The highest BCUT2D eigenvalue weighted by atomic mass is 32.1. The zero-order valence-corrected chi connectivity index (χ0v) is 15.3. The van der Waals surface area contributed by atoms with Crippen LogP contribution in [0, 0.1) is 25.2 Å². The second kappa shape index (κ2) is 8.74. The first-order valence-corrected chi connectivity index (χ1v) is 8.30. The number of carbonyl (C=O) groups excluding carboxylic acids is 1. The summed E-state index contributed by atoms with van der Waals surface area (Å²) in [5.74, 6) is -1.37. The highest BCUT2D eigenvalue weighted by molar-refractivity contribution is 7.80. The van der Waals surface area contributed by atoms with E-state index in [4.69, 9.17) is 18.0 Å². The zero-order valence-electron chi connectivity index (χ0n) is 14.5. The number of para-hydroxylation sites is 1. The van der Waals surface area contributed by atoms with Crippen molar-refractivity contribution in [2.45, 2.75) is 19.8 Å². The van der Waals surface area contributed by atoms with E-state index in [1.54, 1.807) is 24.3 Å². The number of nitrogens with one attached hydrogen (secondary N) is 2. The van der Waals surface area contributed by atoms with Gasteiger partial charge in [-0.05, 0) is 42.8 Å². The lowest BCUT2D eigenvalue weighted by atomic mass is 9.94. The summed E-state index contributed by atoms with van der Waals surface area (Å²) in [6, 6.07) is 16.8. The molecule has 0 bridgehead atoms. The maximum atomic E-state index is 12.9. The smallest absolute Gasteiger partial charge is 0.273 e. The first-order valence-electron chi connectivity index (χ1n) is 7.89. The van der Waals surface area contributed by atoms with Crippen molar-refractivity contribution in [2.75, 3.05) is 5.32 Å². The zero-order chi connectivity index (χ0) is 19.1. The molecule has 0 saturated heterocycles. The molecular weight excluding hydrogens is 346 g/mol. The van der Waals surface area contributed by atoms with E-state index in [0.29, 0.717) is 11.3 Å². The second-order valence-electron chi connectivity index (χ2n) is 5.67. The third-order valence-electron chi connectivity index (χ3n) is 3.77. The minimum absolute atomic E-state index is 0.0193. The second-order valence-corrected chi connectivity index (χ2v) is 6.11. The van der Waals surface area contributed by atoms with Crippen molar-refractivity contribution in [2.24, 2.45) is 10.8 Å². The van der Waals surface area contributed by atoms with Crippen LogP contribution in [-0.4, -0.2) is 16.7 Å². The summed E-state index contributed by atoms with van der Waals surface area (Å²) in [6.45, 7) is 3.79. The largest absolute Gasteiger partial charge is 0.375 e. The lowest BCUT2D eigenvalue weighted by Gasteiger charge is -2.16. The first-order chi connectivity index (χ1) is 12.4. The highest BCUT2D eigenvalue weighted by Crippen LogP contribution is 2.22. The molecule has 2 aromatic carbocycles. The molecule has 7 heteroatoms. The van der Waals surface area contributed by atoms with Gasteiger partial charge in [-0.2, -0.15) is 10.4 Å². The Morgan fingerprint density at radius 2 is 1.77 bits per heavy atom. The number of aryl methyl sites for hydroxylation is 2. The Morgan fingerprint density at radius 3 is 2.31 bits per heavy atom. The third kappa shape index (κ3) is 4.65. The number of nitriles is 1. The molecule has 1 unspecified atom stereocenters. The molecule has 6 nitrogen and oxygen atoms in total. The Hall–Kier alpha value is -3.24. The average Bonchev–Trinajstić information content (AvgIpc) is 2.62. The molecule has 0 saturated carbocycles. The summed E-state index contributed by atoms with van der Waals surface area (Å²) < 4.78 is 0. The summed E-state index contributed by atoms with van der Waals surface area (Å²) in [5.41, 5.74) is 11.0. The number of rotatable bonds is 5. The van der Waals surface area contributed by atoms with Crippen molar-refractivity contribution < 1.29 is 4.79 Å². The van der Waals surface area contributed by atoms with Gasteiger partial charge in [0.15, 0.2) is 5.11 Å². The van der Waals surface area contributed by atoms with Gasteiger partial charge >= 0.3 is 0 Å². The van der Waals surface area contributed by atoms with Gasteiger partial charge in [0.05, 0.1) is 6.07 Å². The van der Waals surface area contributed by atoms with Crippen molar-refractivity contribution in [1.29, 1.82) is 5.26 Å². The Bertz CT molecular complexity index is 866. The lowest BCUT2D eigenvalue weighted by molar-refractivity contribution is -0.110. The number of hydrogen-bond acceptors (Lipinski definition) is 4. The van der Waals surface area contributed by atoms with Crippen LogP contribution in [0.2, 0.25) is 0 Å². The van der Waals surface area contributed by atoms with Gasteiger partial charge in [-0.1, -0.05) is 48.5 Å². The van der Waals surface area contributed by atoms with Gasteiger partial charge in [0, 0.05) is 5.69 Å². The summed E-state index contributed by atoms with van der Waals surface area (Å²) >= 11 is 4.76. The predicted octanol–water partition coefficient (Wildman–Crippen LogP) is 2.74. The lowest BCUT2D eigenvalue weighted by Crippen LogP contribution is -2.33. The van der Waals surface area contributed by atoms with E-state index in [-0.39, 0.29) is 10.8 Å². The van der Waals surface area contributed by atoms with Crippen LogP contribution in [0.3, 0.4) is 0 Å². The van der Waals surface area contributed by atoms with Gasteiger partial charge in [0.25, 0.3) is 5.91 Å². The Kier molecular flexibility index (Phi) is 6.42. The molecule has 132 valence electrons. The molecule has 0 aliphatic heterocycles. The normalized spacial score (nSPS) is 12.0. The van der Waals surface area contributed by atoms with Crippen molar-refractivity contribution in [3.05, 3.63) is 65.2 Å². The number of nitrogens with zero attached hydrogens (tertiary/aromatic N) is 2. The van der Waals surface area contributed by atoms with Gasteiger partial charge < -0.3 is 11.1 Å². The van der Waals surface area contributed by atoms with E-state index in [2.05, 4.69) is 21.9 Å². The third-order valence-corrected chi connectivity index (χ3v) is 3.87. The summed E-state index contributed by atoms with van der Waals surface area (Å²) in [4.78, 5) is 12.9. The molecule has 4 N–H and O–H groups in total. The van der Waals surface area contributed by atoms with Gasteiger partial charge in [-0.3, -0.25) is 10.2 Å². The number of anilines is 1. The number of thiocarbonyl (C=S) groups is 1. The molecule has 0 radical (unpaired) electrons. The number of hydrogen-bond donors (Lipinski definition) is 3. The SMILES string of the molecule is Cc1cccc(C)c1NC(=O)/C(=N\NC(N)=S)C(C#N)c1ccccc1. The number of nitrogens with two attached hydrogens (primary N) is 1. The highest BCUT2D eigenvalue weighted by Gasteiger charge is 2.26. The van der Waals surface area contributed by atoms with E-state index < -0.39 is 11.8 Å². The number of hydrazone groups is 1. The van der Waals surface area contributed by atoms with E-state index >= 15 is 0 Å². The summed E-state index contributed by atoms with van der Waals surface area (Å²) in [7, 11) is 0. The monoisotopic (exact) mass is 365 g/mol. The molecule has 0 aromatic heterocycles. The van der Waals surface area contributed by atoms with Crippen LogP contribution in [0.25, 0.3) is 0 Å². The fraction of sp³-hybridized carbons (Fsp3) is 0.158. The van der Waals surface area contributed by atoms with Gasteiger partial charge in [0.2, 0.25) is 0 Å². The molecule has 2 aromatic rings. The van der Waals surface area contributed by atoms with E-state index in [9.17, 15) is 10.1 Å². The van der Waals surface area contributed by atoms with Crippen molar-refractivity contribution in [1.82, 2.24) is 5.43 Å². The Labute approximate surface area is 157 Å². The maximum absolute atomic E-state index is 12.9. The average molecular weight is 365 g/mol. The van der Waals surface area contributed by atoms with E-state index in [1.165, 1.54) is 0 Å². The van der Waals surface area contributed by atoms with Crippen molar-refractivity contribution in [3.8, 4) is 6.07 Å². The van der Waals surface area contributed by atoms with Crippen LogP contribution in [0.1, 0.15) is 22.6 Å². The molecule has 0 fully saturated rings.